The number of benzene rings is 1. The van der Waals surface area contributed by atoms with Crippen LogP contribution in [0.25, 0.3) is 11.5 Å². The standard InChI is InChI=1S/C18H17N3O3/c1-11-15(19-18(23-11)13-5-3-2-4-6-13)10-16-20-17(24-21-16)9-12-7-14(22)8-12/h2-6,12H,7-10H2,1H3. The Balaban J connectivity index is 1.46. The summed E-state index contributed by atoms with van der Waals surface area (Å²) in [6.07, 6.45) is 2.39. The second-order valence-electron chi connectivity index (χ2n) is 6.19. The molecule has 1 saturated carbocycles. The van der Waals surface area contributed by atoms with E-state index in [0.717, 1.165) is 17.0 Å². The smallest absolute Gasteiger partial charge is 0.226 e. The summed E-state index contributed by atoms with van der Waals surface area (Å²) in [4.78, 5) is 20.0. The number of aromatic nitrogens is 3. The van der Waals surface area contributed by atoms with E-state index >= 15 is 0 Å². The van der Waals surface area contributed by atoms with Crippen LogP contribution in [0.4, 0.5) is 0 Å². The number of carbonyl (C=O) groups excluding carboxylic acids is 1. The van der Waals surface area contributed by atoms with Crippen LogP contribution in [0.1, 0.15) is 36.0 Å². The maximum Gasteiger partial charge on any atom is 0.226 e. The Hall–Kier alpha value is -2.76. The van der Waals surface area contributed by atoms with Gasteiger partial charge in [-0.3, -0.25) is 4.79 Å². The van der Waals surface area contributed by atoms with Gasteiger partial charge in [0.2, 0.25) is 11.8 Å². The van der Waals surface area contributed by atoms with E-state index in [0.29, 0.717) is 55.0 Å². The van der Waals surface area contributed by atoms with Crippen molar-refractivity contribution >= 4 is 5.78 Å². The number of carbonyl (C=O) groups is 1. The molecule has 0 amide bonds. The van der Waals surface area contributed by atoms with Gasteiger partial charge in [-0.2, -0.15) is 4.98 Å². The van der Waals surface area contributed by atoms with Gasteiger partial charge < -0.3 is 8.94 Å². The lowest BCUT2D eigenvalue weighted by Crippen LogP contribution is -2.25. The third-order valence-corrected chi connectivity index (χ3v) is 4.25. The van der Waals surface area contributed by atoms with E-state index < -0.39 is 0 Å². The highest BCUT2D eigenvalue weighted by atomic mass is 16.5. The summed E-state index contributed by atoms with van der Waals surface area (Å²) in [5.41, 5.74) is 1.75. The molecule has 0 spiro atoms. The molecule has 2 heterocycles. The van der Waals surface area contributed by atoms with Gasteiger partial charge in [0.25, 0.3) is 0 Å². The summed E-state index contributed by atoms with van der Waals surface area (Å²) in [6.45, 7) is 1.88. The van der Waals surface area contributed by atoms with Crippen molar-refractivity contribution in [1.82, 2.24) is 15.1 Å². The SMILES string of the molecule is Cc1oc(-c2ccccc2)nc1Cc1noc(CC2CC(=O)C2)n1. The Morgan fingerprint density at radius 1 is 1.17 bits per heavy atom. The normalized spacial score (nSPS) is 14.8. The maximum atomic E-state index is 11.0. The third kappa shape index (κ3) is 2.99. The number of hydrogen-bond donors (Lipinski definition) is 0. The zero-order valence-electron chi connectivity index (χ0n) is 13.4. The van der Waals surface area contributed by atoms with Gasteiger partial charge in [-0.1, -0.05) is 23.4 Å². The van der Waals surface area contributed by atoms with Crippen molar-refractivity contribution in [2.45, 2.75) is 32.6 Å². The predicted molar refractivity (Wildman–Crippen MR) is 85.2 cm³/mol. The van der Waals surface area contributed by atoms with Crippen molar-refractivity contribution in [1.29, 1.82) is 0 Å². The summed E-state index contributed by atoms with van der Waals surface area (Å²) in [5.74, 6) is 3.19. The Morgan fingerprint density at radius 2 is 1.96 bits per heavy atom. The van der Waals surface area contributed by atoms with Gasteiger partial charge in [-0.15, -0.1) is 0 Å². The van der Waals surface area contributed by atoms with Crippen molar-refractivity contribution in [3.63, 3.8) is 0 Å². The lowest BCUT2D eigenvalue weighted by Gasteiger charge is -2.21. The first-order chi connectivity index (χ1) is 11.7. The number of rotatable bonds is 5. The van der Waals surface area contributed by atoms with Crippen LogP contribution in [0.3, 0.4) is 0 Å². The van der Waals surface area contributed by atoms with Crippen LogP contribution in [0.2, 0.25) is 0 Å². The molecule has 0 bridgehead atoms. The molecule has 6 nitrogen and oxygen atoms in total. The summed E-state index contributed by atoms with van der Waals surface area (Å²) in [7, 11) is 0. The van der Waals surface area contributed by atoms with Crippen LogP contribution in [0.5, 0.6) is 0 Å². The molecule has 3 aromatic rings. The number of nitrogens with zero attached hydrogens (tertiary/aromatic N) is 3. The van der Waals surface area contributed by atoms with Crippen LogP contribution in [-0.2, 0) is 17.6 Å². The largest absolute Gasteiger partial charge is 0.441 e. The molecule has 122 valence electrons. The second-order valence-corrected chi connectivity index (χ2v) is 6.19. The van der Waals surface area contributed by atoms with E-state index in [4.69, 9.17) is 8.94 Å². The first kappa shape index (κ1) is 14.8. The topological polar surface area (TPSA) is 82.0 Å². The highest BCUT2D eigenvalue weighted by Gasteiger charge is 2.28. The summed E-state index contributed by atoms with van der Waals surface area (Å²) >= 11 is 0. The van der Waals surface area contributed by atoms with Crippen LogP contribution in [-0.4, -0.2) is 20.9 Å². The molecule has 1 fully saturated rings. The highest BCUT2D eigenvalue weighted by molar-refractivity contribution is 5.84. The fourth-order valence-corrected chi connectivity index (χ4v) is 2.87. The van der Waals surface area contributed by atoms with E-state index in [9.17, 15) is 4.79 Å². The Morgan fingerprint density at radius 3 is 2.71 bits per heavy atom. The summed E-state index contributed by atoms with van der Waals surface area (Å²) < 4.78 is 11.0. The number of aryl methyl sites for hydroxylation is 1. The number of hydrogen-bond acceptors (Lipinski definition) is 6. The molecule has 0 atom stereocenters. The molecule has 0 saturated heterocycles. The van der Waals surface area contributed by atoms with E-state index in [1.807, 2.05) is 37.3 Å². The second kappa shape index (κ2) is 6.03. The molecular formula is C18H17N3O3. The van der Waals surface area contributed by atoms with Crippen LogP contribution < -0.4 is 0 Å². The molecule has 0 unspecified atom stereocenters. The zero-order valence-corrected chi connectivity index (χ0v) is 13.4. The van der Waals surface area contributed by atoms with E-state index in [1.165, 1.54) is 0 Å². The van der Waals surface area contributed by atoms with Crippen LogP contribution in [0.15, 0.2) is 39.3 Å². The maximum absolute atomic E-state index is 11.0. The van der Waals surface area contributed by atoms with Crippen LogP contribution >= 0.6 is 0 Å². The molecule has 0 N–H and O–H groups in total. The molecule has 24 heavy (non-hydrogen) atoms. The van der Waals surface area contributed by atoms with Crippen molar-refractivity contribution in [3.8, 4) is 11.5 Å². The van der Waals surface area contributed by atoms with E-state index in [1.54, 1.807) is 0 Å². The lowest BCUT2D eigenvalue weighted by molar-refractivity contribution is -0.126. The first-order valence-corrected chi connectivity index (χ1v) is 8.02. The Labute approximate surface area is 138 Å². The molecular weight excluding hydrogens is 306 g/mol. The summed E-state index contributed by atoms with van der Waals surface area (Å²) in [5, 5.41) is 4.01. The fourth-order valence-electron chi connectivity index (χ4n) is 2.87. The van der Waals surface area contributed by atoms with Crippen molar-refractivity contribution < 1.29 is 13.7 Å². The van der Waals surface area contributed by atoms with Crippen LogP contribution in [0, 0.1) is 12.8 Å². The lowest BCUT2D eigenvalue weighted by atomic mass is 9.82. The molecule has 0 aliphatic heterocycles. The minimum Gasteiger partial charge on any atom is -0.441 e. The van der Waals surface area contributed by atoms with E-state index in [2.05, 4.69) is 15.1 Å². The third-order valence-electron chi connectivity index (χ3n) is 4.25. The average molecular weight is 323 g/mol. The number of Topliss-reactive ketones (excluding diaryl/α,β-unsaturated/α-hetero) is 1. The number of oxazole rings is 1. The molecule has 1 aromatic carbocycles. The van der Waals surface area contributed by atoms with Gasteiger partial charge in [0.05, 0.1) is 12.1 Å². The molecule has 0 radical (unpaired) electrons. The minimum atomic E-state index is 0.311. The predicted octanol–water partition coefficient (Wildman–Crippen LogP) is 3.15. The molecule has 1 aliphatic rings. The Bertz CT molecular complexity index is 859. The highest BCUT2D eigenvalue weighted by Crippen LogP contribution is 2.26. The molecule has 4 rings (SSSR count). The van der Waals surface area contributed by atoms with Crippen molar-refractivity contribution in [2.75, 3.05) is 0 Å². The van der Waals surface area contributed by atoms with Crippen molar-refractivity contribution in [3.05, 3.63) is 53.5 Å². The average Bonchev–Trinajstić information content (AvgIpc) is 3.14. The molecule has 2 aromatic heterocycles. The van der Waals surface area contributed by atoms with Gasteiger partial charge in [-0.05, 0) is 25.0 Å². The monoisotopic (exact) mass is 323 g/mol. The zero-order chi connectivity index (χ0) is 16.5. The van der Waals surface area contributed by atoms with Gasteiger partial charge >= 0.3 is 0 Å². The molecule has 6 heteroatoms. The summed E-state index contributed by atoms with van der Waals surface area (Å²) in [6, 6.07) is 9.77. The molecule has 1 aliphatic carbocycles. The van der Waals surface area contributed by atoms with E-state index in [-0.39, 0.29) is 0 Å². The van der Waals surface area contributed by atoms with Crippen molar-refractivity contribution in [2.24, 2.45) is 5.92 Å². The fraction of sp³-hybridized carbons (Fsp3) is 0.333. The van der Waals surface area contributed by atoms with Gasteiger partial charge in [0.1, 0.15) is 11.5 Å². The number of ketones is 1. The van der Waals surface area contributed by atoms with Gasteiger partial charge in [0, 0.05) is 24.8 Å². The Kier molecular flexibility index (Phi) is 3.72. The first-order valence-electron chi connectivity index (χ1n) is 8.02. The minimum absolute atomic E-state index is 0.311. The van der Waals surface area contributed by atoms with Gasteiger partial charge in [0.15, 0.2) is 5.82 Å². The quantitative estimate of drug-likeness (QED) is 0.717. The van der Waals surface area contributed by atoms with Gasteiger partial charge in [-0.25, -0.2) is 4.98 Å².